The average molecular weight is 382 g/mol. The first-order valence-corrected chi connectivity index (χ1v) is 8.60. The van der Waals surface area contributed by atoms with Gasteiger partial charge in [0.2, 0.25) is 6.79 Å². The van der Waals surface area contributed by atoms with Crippen LogP contribution in [0.4, 0.5) is 10.5 Å². The Morgan fingerprint density at radius 1 is 1.25 bits per heavy atom. The second kappa shape index (κ2) is 7.43. The van der Waals surface area contributed by atoms with Crippen LogP contribution >= 0.6 is 0 Å². The van der Waals surface area contributed by atoms with E-state index in [-0.39, 0.29) is 25.6 Å². The summed E-state index contributed by atoms with van der Waals surface area (Å²) in [6, 6.07) is 8.35. The van der Waals surface area contributed by atoms with Gasteiger partial charge in [0, 0.05) is 43.3 Å². The summed E-state index contributed by atoms with van der Waals surface area (Å²) < 4.78 is 13.3. The van der Waals surface area contributed by atoms with E-state index in [1.54, 1.807) is 43.7 Å². The molecule has 0 atom stereocenters. The Hall–Kier alpha value is -3.82. The third kappa shape index (κ3) is 3.52. The van der Waals surface area contributed by atoms with Crippen molar-refractivity contribution in [2.75, 3.05) is 18.7 Å². The molecule has 0 spiro atoms. The maximum Gasteiger partial charge on any atom is 0.345 e. The van der Waals surface area contributed by atoms with E-state index in [0.717, 1.165) is 5.56 Å². The number of carbonyl (C=O) groups excluding carboxylic acids is 1. The highest BCUT2D eigenvalue weighted by Crippen LogP contribution is 2.34. The lowest BCUT2D eigenvalue weighted by Gasteiger charge is -2.08. The molecule has 1 aromatic carbocycles. The van der Waals surface area contributed by atoms with Gasteiger partial charge in [-0.15, -0.1) is 5.10 Å². The number of urea groups is 1. The van der Waals surface area contributed by atoms with Crippen LogP contribution in [0.15, 0.2) is 47.5 Å². The fourth-order valence-electron chi connectivity index (χ4n) is 2.80. The van der Waals surface area contributed by atoms with Crippen molar-refractivity contribution in [3.8, 4) is 22.9 Å². The standard InChI is InChI=1S/C18H18N6O4/c1-23-16(12-3-2-6-19-10-12)22-24(18(23)26)8-7-20-17(25)21-13-4-5-14-15(9-13)28-11-27-14/h2-6,9-10H,7-8,11H2,1H3,(H2,20,21,25). The number of ether oxygens (including phenoxy) is 2. The maximum absolute atomic E-state index is 12.3. The lowest BCUT2D eigenvalue weighted by atomic mass is 10.3. The van der Waals surface area contributed by atoms with Crippen molar-refractivity contribution >= 4 is 11.7 Å². The van der Waals surface area contributed by atoms with Gasteiger partial charge in [-0.25, -0.2) is 14.3 Å². The molecular weight excluding hydrogens is 364 g/mol. The van der Waals surface area contributed by atoms with Gasteiger partial charge in [0.05, 0.1) is 6.54 Å². The van der Waals surface area contributed by atoms with Gasteiger partial charge in [-0.3, -0.25) is 9.55 Å². The molecule has 0 unspecified atom stereocenters. The topological polar surface area (TPSA) is 112 Å². The molecule has 1 aliphatic rings. The second-order valence-corrected chi connectivity index (χ2v) is 6.08. The van der Waals surface area contributed by atoms with E-state index in [1.807, 2.05) is 6.07 Å². The quantitative estimate of drug-likeness (QED) is 0.686. The fraction of sp³-hybridized carbons (Fsp3) is 0.222. The monoisotopic (exact) mass is 382 g/mol. The first kappa shape index (κ1) is 17.6. The van der Waals surface area contributed by atoms with Gasteiger partial charge in [-0.1, -0.05) is 0 Å². The van der Waals surface area contributed by atoms with Crippen LogP contribution in [0.3, 0.4) is 0 Å². The van der Waals surface area contributed by atoms with Crippen LogP contribution in [-0.4, -0.2) is 38.7 Å². The minimum Gasteiger partial charge on any atom is -0.454 e. The first-order valence-electron chi connectivity index (χ1n) is 8.60. The second-order valence-electron chi connectivity index (χ2n) is 6.08. The van der Waals surface area contributed by atoms with Crippen LogP contribution < -0.4 is 25.8 Å². The van der Waals surface area contributed by atoms with Crippen molar-refractivity contribution in [3.63, 3.8) is 0 Å². The van der Waals surface area contributed by atoms with E-state index in [2.05, 4.69) is 20.7 Å². The van der Waals surface area contributed by atoms with Gasteiger partial charge in [0.1, 0.15) is 0 Å². The van der Waals surface area contributed by atoms with Crippen molar-refractivity contribution in [1.82, 2.24) is 24.6 Å². The molecule has 0 radical (unpaired) electrons. The minimum absolute atomic E-state index is 0.171. The molecule has 2 N–H and O–H groups in total. The highest BCUT2D eigenvalue weighted by Gasteiger charge is 2.15. The van der Waals surface area contributed by atoms with Crippen LogP contribution in [0.5, 0.6) is 11.5 Å². The van der Waals surface area contributed by atoms with Gasteiger partial charge in [-0.05, 0) is 24.3 Å². The summed E-state index contributed by atoms with van der Waals surface area (Å²) in [5, 5.41) is 9.73. The maximum atomic E-state index is 12.3. The molecular formula is C18H18N6O4. The Balaban J connectivity index is 1.35. The number of fused-ring (bicyclic) bond motifs is 1. The molecule has 0 bridgehead atoms. The summed E-state index contributed by atoms with van der Waals surface area (Å²) in [6.45, 7) is 0.645. The van der Waals surface area contributed by atoms with Crippen molar-refractivity contribution < 1.29 is 14.3 Å². The summed E-state index contributed by atoms with van der Waals surface area (Å²) in [5.41, 5.74) is 1.06. The van der Waals surface area contributed by atoms with Crippen LogP contribution in [0.2, 0.25) is 0 Å². The zero-order chi connectivity index (χ0) is 19.5. The van der Waals surface area contributed by atoms with Gasteiger partial charge < -0.3 is 20.1 Å². The van der Waals surface area contributed by atoms with Crippen LogP contribution in [0.25, 0.3) is 11.4 Å². The number of nitrogens with zero attached hydrogens (tertiary/aromatic N) is 4. The van der Waals surface area contributed by atoms with Gasteiger partial charge in [-0.2, -0.15) is 0 Å². The predicted octanol–water partition coefficient (Wildman–Crippen LogP) is 1.19. The van der Waals surface area contributed by atoms with E-state index in [0.29, 0.717) is 23.0 Å². The number of rotatable bonds is 5. The number of hydrogen-bond donors (Lipinski definition) is 2. The Bertz CT molecular complexity index is 1060. The Morgan fingerprint density at radius 2 is 2.11 bits per heavy atom. The number of aromatic nitrogens is 4. The van der Waals surface area contributed by atoms with E-state index >= 15 is 0 Å². The molecule has 0 saturated carbocycles. The minimum atomic E-state index is -0.393. The summed E-state index contributed by atoms with van der Waals surface area (Å²) in [7, 11) is 1.65. The molecule has 10 heteroatoms. The molecule has 10 nitrogen and oxygen atoms in total. The van der Waals surface area contributed by atoms with E-state index in [4.69, 9.17) is 9.47 Å². The molecule has 0 aliphatic carbocycles. The lowest BCUT2D eigenvalue weighted by Crippen LogP contribution is -2.34. The smallest absolute Gasteiger partial charge is 0.345 e. The number of pyridine rings is 1. The first-order chi connectivity index (χ1) is 13.6. The summed E-state index contributed by atoms with van der Waals surface area (Å²) in [4.78, 5) is 28.4. The Kier molecular flexibility index (Phi) is 4.67. The molecule has 0 fully saturated rings. The Labute approximate surface area is 159 Å². The number of benzene rings is 1. The summed E-state index contributed by atoms with van der Waals surface area (Å²) >= 11 is 0. The third-order valence-electron chi connectivity index (χ3n) is 4.20. The molecule has 2 aromatic heterocycles. The van der Waals surface area contributed by atoms with Crippen molar-refractivity contribution in [2.45, 2.75) is 6.54 Å². The number of hydrogen-bond acceptors (Lipinski definition) is 6. The van der Waals surface area contributed by atoms with Crippen LogP contribution in [0, 0.1) is 0 Å². The van der Waals surface area contributed by atoms with Gasteiger partial charge >= 0.3 is 11.7 Å². The molecule has 4 rings (SSSR count). The van der Waals surface area contributed by atoms with Gasteiger partial charge in [0.25, 0.3) is 0 Å². The normalized spacial score (nSPS) is 12.0. The molecule has 2 amide bonds. The molecule has 3 heterocycles. The lowest BCUT2D eigenvalue weighted by molar-refractivity contribution is 0.174. The Morgan fingerprint density at radius 3 is 2.93 bits per heavy atom. The van der Waals surface area contributed by atoms with Crippen molar-refractivity contribution in [3.05, 3.63) is 53.2 Å². The molecule has 0 saturated heterocycles. The third-order valence-corrected chi connectivity index (χ3v) is 4.20. The van der Waals surface area contributed by atoms with E-state index in [1.165, 1.54) is 9.25 Å². The van der Waals surface area contributed by atoms with Gasteiger partial charge in [0.15, 0.2) is 17.3 Å². The molecule has 144 valence electrons. The van der Waals surface area contributed by atoms with Crippen LogP contribution in [0.1, 0.15) is 0 Å². The van der Waals surface area contributed by atoms with Crippen molar-refractivity contribution in [2.24, 2.45) is 7.05 Å². The molecule has 3 aromatic rings. The van der Waals surface area contributed by atoms with Crippen LogP contribution in [-0.2, 0) is 13.6 Å². The predicted molar refractivity (Wildman–Crippen MR) is 100 cm³/mol. The SMILES string of the molecule is Cn1c(-c2cccnc2)nn(CCNC(=O)Nc2ccc3c(c2)OCO3)c1=O. The summed E-state index contributed by atoms with van der Waals surface area (Å²) in [6.07, 6.45) is 3.30. The van der Waals surface area contributed by atoms with Crippen molar-refractivity contribution in [1.29, 1.82) is 0 Å². The number of nitrogens with one attached hydrogen (secondary N) is 2. The van der Waals surface area contributed by atoms with E-state index < -0.39 is 6.03 Å². The fourth-order valence-corrected chi connectivity index (χ4v) is 2.80. The molecule has 28 heavy (non-hydrogen) atoms. The largest absolute Gasteiger partial charge is 0.454 e. The van der Waals surface area contributed by atoms with E-state index in [9.17, 15) is 9.59 Å². The zero-order valence-electron chi connectivity index (χ0n) is 15.1. The number of anilines is 1. The number of amides is 2. The zero-order valence-corrected chi connectivity index (χ0v) is 15.1. The number of carbonyl (C=O) groups is 1. The highest BCUT2D eigenvalue weighted by atomic mass is 16.7. The average Bonchev–Trinajstić information content (AvgIpc) is 3.28. The molecule has 1 aliphatic heterocycles. The highest BCUT2D eigenvalue weighted by molar-refractivity contribution is 5.89. The summed E-state index contributed by atoms with van der Waals surface area (Å²) in [5.74, 6) is 1.74.